The van der Waals surface area contributed by atoms with E-state index in [4.69, 9.17) is 9.47 Å². The molecule has 0 bridgehead atoms. The molecule has 0 N–H and O–H groups in total. The molecule has 108 valence electrons. The molecule has 4 fully saturated rings. The maximum Gasteiger partial charge on any atom is 0.0925 e. The number of fused-ring (bicyclic) bond motifs is 2. The third-order valence-corrected chi connectivity index (χ3v) is 6.38. The summed E-state index contributed by atoms with van der Waals surface area (Å²) in [7, 11) is 0. The van der Waals surface area contributed by atoms with Crippen LogP contribution in [0.15, 0.2) is 0 Å². The van der Waals surface area contributed by atoms with E-state index in [1.165, 1.54) is 32.1 Å². The van der Waals surface area contributed by atoms with Crippen molar-refractivity contribution in [3.63, 3.8) is 0 Å². The summed E-state index contributed by atoms with van der Waals surface area (Å²) in [5.41, 5.74) is 0.482. The average Bonchev–Trinajstić information content (AvgIpc) is 3.13. The van der Waals surface area contributed by atoms with Crippen LogP contribution in [-0.4, -0.2) is 23.4 Å². The van der Waals surface area contributed by atoms with Crippen molar-refractivity contribution in [2.75, 3.05) is 0 Å². The van der Waals surface area contributed by atoms with Crippen molar-refractivity contribution < 1.29 is 9.47 Å². The summed E-state index contributed by atoms with van der Waals surface area (Å²) in [6, 6.07) is 0. The molecule has 0 amide bonds. The Morgan fingerprint density at radius 2 is 1.26 bits per heavy atom. The quantitative estimate of drug-likeness (QED) is 0.709. The Hall–Kier alpha value is -0.0800. The van der Waals surface area contributed by atoms with E-state index in [0.717, 1.165) is 23.7 Å². The van der Waals surface area contributed by atoms with Crippen LogP contribution in [0, 0.1) is 23.7 Å². The molecule has 2 heteroatoms. The number of hydrogen-bond donors (Lipinski definition) is 0. The molecular formula is C17H28O2. The highest BCUT2D eigenvalue weighted by Crippen LogP contribution is 2.56. The van der Waals surface area contributed by atoms with Crippen molar-refractivity contribution >= 4 is 0 Å². The van der Waals surface area contributed by atoms with Gasteiger partial charge in [-0.25, -0.2) is 0 Å². The fraction of sp³-hybridized carbons (Fsp3) is 1.00. The van der Waals surface area contributed by atoms with Gasteiger partial charge in [-0.2, -0.15) is 0 Å². The van der Waals surface area contributed by atoms with Crippen LogP contribution in [0.5, 0.6) is 0 Å². The Labute approximate surface area is 117 Å². The molecular weight excluding hydrogens is 236 g/mol. The van der Waals surface area contributed by atoms with Crippen LogP contribution in [0.3, 0.4) is 0 Å². The highest BCUT2D eigenvalue weighted by Gasteiger charge is 2.61. The molecule has 2 heterocycles. The first-order valence-electron chi connectivity index (χ1n) is 8.25. The van der Waals surface area contributed by atoms with Crippen LogP contribution in [0.25, 0.3) is 0 Å². The van der Waals surface area contributed by atoms with E-state index in [0.29, 0.717) is 12.2 Å². The SMILES string of the molecule is CC1CC(CC2CC(C)C3OC3(C)C2)CC2(C)OC12. The summed E-state index contributed by atoms with van der Waals surface area (Å²) in [4.78, 5) is 0. The predicted octanol–water partition coefficient (Wildman–Crippen LogP) is 3.78. The zero-order chi connectivity index (χ0) is 13.4. The predicted molar refractivity (Wildman–Crippen MR) is 74.9 cm³/mol. The molecule has 0 aromatic rings. The van der Waals surface area contributed by atoms with Crippen LogP contribution in [0.2, 0.25) is 0 Å². The zero-order valence-corrected chi connectivity index (χ0v) is 12.8. The van der Waals surface area contributed by atoms with Gasteiger partial charge in [0.05, 0.1) is 23.4 Å². The molecule has 2 saturated heterocycles. The Morgan fingerprint density at radius 1 is 0.842 bits per heavy atom. The molecule has 0 spiro atoms. The van der Waals surface area contributed by atoms with Gasteiger partial charge in [-0.1, -0.05) is 13.8 Å². The van der Waals surface area contributed by atoms with Crippen LogP contribution in [0.4, 0.5) is 0 Å². The number of rotatable bonds is 2. The smallest absolute Gasteiger partial charge is 0.0925 e. The molecule has 2 aliphatic carbocycles. The third kappa shape index (κ3) is 1.98. The lowest BCUT2D eigenvalue weighted by molar-refractivity contribution is 0.183. The van der Waals surface area contributed by atoms with Gasteiger partial charge in [0.2, 0.25) is 0 Å². The molecule has 2 saturated carbocycles. The maximum absolute atomic E-state index is 5.94. The van der Waals surface area contributed by atoms with Crippen LogP contribution in [0.1, 0.15) is 59.8 Å². The van der Waals surface area contributed by atoms with Gasteiger partial charge in [0.1, 0.15) is 0 Å². The van der Waals surface area contributed by atoms with Gasteiger partial charge >= 0.3 is 0 Å². The first-order valence-corrected chi connectivity index (χ1v) is 8.25. The van der Waals surface area contributed by atoms with E-state index >= 15 is 0 Å². The van der Waals surface area contributed by atoms with E-state index in [9.17, 15) is 0 Å². The lowest BCUT2D eigenvalue weighted by Gasteiger charge is -2.34. The van der Waals surface area contributed by atoms with Crippen molar-refractivity contribution in [2.24, 2.45) is 23.7 Å². The average molecular weight is 264 g/mol. The second-order valence-electron chi connectivity index (χ2n) is 8.50. The molecule has 2 aliphatic heterocycles. The molecule has 4 aliphatic rings. The third-order valence-electron chi connectivity index (χ3n) is 6.38. The Morgan fingerprint density at radius 3 is 1.63 bits per heavy atom. The molecule has 19 heavy (non-hydrogen) atoms. The second-order valence-corrected chi connectivity index (χ2v) is 8.50. The Balaban J connectivity index is 1.39. The van der Waals surface area contributed by atoms with Gasteiger partial charge in [-0.05, 0) is 69.6 Å². The van der Waals surface area contributed by atoms with Crippen LogP contribution in [-0.2, 0) is 9.47 Å². The Bertz CT molecular complexity index is 359. The van der Waals surface area contributed by atoms with Crippen LogP contribution < -0.4 is 0 Å². The maximum atomic E-state index is 5.94. The second kappa shape index (κ2) is 3.76. The van der Waals surface area contributed by atoms with Gasteiger partial charge in [0.15, 0.2) is 0 Å². The summed E-state index contributed by atoms with van der Waals surface area (Å²) in [6.07, 6.45) is 7.91. The first-order chi connectivity index (χ1) is 8.90. The van der Waals surface area contributed by atoms with E-state index in [-0.39, 0.29) is 11.2 Å². The fourth-order valence-corrected chi connectivity index (χ4v) is 5.72. The number of epoxide rings is 2. The largest absolute Gasteiger partial charge is 0.366 e. The number of ether oxygens (including phenoxy) is 2. The summed E-state index contributed by atoms with van der Waals surface area (Å²) < 4.78 is 11.9. The van der Waals surface area contributed by atoms with Crippen molar-refractivity contribution in [3.05, 3.63) is 0 Å². The van der Waals surface area contributed by atoms with Gasteiger partial charge in [-0.15, -0.1) is 0 Å². The van der Waals surface area contributed by atoms with E-state index in [1.807, 2.05) is 0 Å². The van der Waals surface area contributed by atoms with Crippen molar-refractivity contribution in [2.45, 2.75) is 83.2 Å². The topological polar surface area (TPSA) is 25.1 Å². The minimum atomic E-state index is 0.241. The zero-order valence-electron chi connectivity index (χ0n) is 12.8. The molecule has 0 radical (unpaired) electrons. The van der Waals surface area contributed by atoms with Gasteiger partial charge in [-0.3, -0.25) is 0 Å². The van der Waals surface area contributed by atoms with Crippen molar-refractivity contribution in [1.29, 1.82) is 0 Å². The summed E-state index contributed by atoms with van der Waals surface area (Å²) >= 11 is 0. The van der Waals surface area contributed by atoms with E-state index < -0.39 is 0 Å². The summed E-state index contributed by atoms with van der Waals surface area (Å²) in [6.45, 7) is 9.41. The van der Waals surface area contributed by atoms with Crippen molar-refractivity contribution in [3.8, 4) is 0 Å². The molecule has 4 rings (SSSR count). The normalized spacial score (nSPS) is 63.2. The van der Waals surface area contributed by atoms with Gasteiger partial charge in [0, 0.05) is 0 Å². The van der Waals surface area contributed by atoms with Crippen LogP contribution >= 0.6 is 0 Å². The molecule has 0 aromatic carbocycles. The lowest BCUT2D eigenvalue weighted by atomic mass is 9.69. The van der Waals surface area contributed by atoms with E-state index in [1.54, 1.807) is 0 Å². The molecule has 0 aromatic heterocycles. The molecule has 8 atom stereocenters. The first kappa shape index (κ1) is 12.6. The summed E-state index contributed by atoms with van der Waals surface area (Å²) in [5, 5.41) is 0. The minimum absolute atomic E-state index is 0.241. The fourth-order valence-electron chi connectivity index (χ4n) is 5.72. The lowest BCUT2D eigenvalue weighted by Crippen LogP contribution is -2.33. The highest BCUT2D eigenvalue weighted by molar-refractivity contribution is 5.09. The minimum Gasteiger partial charge on any atom is -0.366 e. The summed E-state index contributed by atoms with van der Waals surface area (Å²) in [5.74, 6) is 3.31. The van der Waals surface area contributed by atoms with Gasteiger partial charge < -0.3 is 9.47 Å². The Kier molecular flexibility index (Phi) is 2.50. The number of hydrogen-bond acceptors (Lipinski definition) is 2. The molecule has 8 unspecified atom stereocenters. The van der Waals surface area contributed by atoms with Gasteiger partial charge in [0.25, 0.3) is 0 Å². The standard InChI is InChI=1S/C17H28O2/c1-10-5-12(8-16(3)14(10)18-16)7-13-6-11(2)15-17(4,9-13)19-15/h10-15H,5-9H2,1-4H3. The van der Waals surface area contributed by atoms with E-state index in [2.05, 4.69) is 27.7 Å². The highest BCUT2D eigenvalue weighted by atomic mass is 16.6. The van der Waals surface area contributed by atoms with Crippen molar-refractivity contribution in [1.82, 2.24) is 0 Å². The molecule has 2 nitrogen and oxygen atoms in total. The monoisotopic (exact) mass is 264 g/mol.